The molecule has 2 saturated carbocycles. The molecule has 1 N–H and O–H groups in total. The molecule has 0 radical (unpaired) electrons. The Bertz CT molecular complexity index is 507. The van der Waals surface area contributed by atoms with Crippen LogP contribution in [0.25, 0.3) is 0 Å². The zero-order valence-corrected chi connectivity index (χ0v) is 13.6. The lowest BCUT2D eigenvalue weighted by molar-refractivity contribution is 0.516. The molecule has 2 aliphatic carbocycles. The molecule has 1 aromatic rings. The summed E-state index contributed by atoms with van der Waals surface area (Å²) in [6.45, 7) is 2.06. The number of aromatic nitrogens is 2. The number of thioether (sulfide) groups is 1. The number of rotatable bonds is 4. The molecule has 114 valence electrons. The molecule has 3 nitrogen and oxygen atoms in total. The van der Waals surface area contributed by atoms with Crippen molar-refractivity contribution in [3.05, 3.63) is 22.8 Å². The van der Waals surface area contributed by atoms with Gasteiger partial charge in [-0.2, -0.15) is 11.8 Å². The van der Waals surface area contributed by atoms with Gasteiger partial charge >= 0.3 is 0 Å². The predicted molar refractivity (Wildman–Crippen MR) is 87.6 cm³/mol. The number of fused-ring (bicyclic) bond motifs is 1. The minimum atomic E-state index is 0.736. The van der Waals surface area contributed by atoms with Gasteiger partial charge in [-0.05, 0) is 25.7 Å². The molecule has 21 heavy (non-hydrogen) atoms. The highest BCUT2D eigenvalue weighted by Crippen LogP contribution is 2.42. The number of nitrogens with one attached hydrogen (secondary N) is 1. The summed E-state index contributed by atoms with van der Waals surface area (Å²) >= 11 is 2.10. The van der Waals surface area contributed by atoms with Crippen LogP contribution in [0.1, 0.15) is 73.6 Å². The van der Waals surface area contributed by atoms with Gasteiger partial charge in [0.15, 0.2) is 0 Å². The van der Waals surface area contributed by atoms with Crippen LogP contribution in [-0.2, 0) is 18.7 Å². The van der Waals surface area contributed by atoms with Crippen molar-refractivity contribution in [2.75, 3.05) is 6.54 Å². The van der Waals surface area contributed by atoms with Gasteiger partial charge < -0.3 is 5.32 Å². The minimum Gasteiger partial charge on any atom is -0.312 e. The first-order valence-electron chi connectivity index (χ1n) is 8.61. The first-order chi connectivity index (χ1) is 10.4. The van der Waals surface area contributed by atoms with Gasteiger partial charge in [0.05, 0.1) is 17.1 Å². The Kier molecular flexibility index (Phi) is 4.17. The summed E-state index contributed by atoms with van der Waals surface area (Å²) in [4.78, 5) is 9.86. The molecular formula is C17H25N3S. The molecule has 0 unspecified atom stereocenters. The Morgan fingerprint density at radius 3 is 2.71 bits per heavy atom. The average Bonchev–Trinajstić information content (AvgIpc) is 3.38. The third kappa shape index (κ3) is 3.26. The van der Waals surface area contributed by atoms with Gasteiger partial charge in [-0.15, -0.1) is 0 Å². The van der Waals surface area contributed by atoms with Gasteiger partial charge in [0.2, 0.25) is 0 Å². The molecule has 4 heteroatoms. The zero-order valence-electron chi connectivity index (χ0n) is 12.7. The van der Waals surface area contributed by atoms with Crippen molar-refractivity contribution in [3.8, 4) is 0 Å². The molecule has 3 aliphatic rings. The van der Waals surface area contributed by atoms with Crippen molar-refractivity contribution < 1.29 is 0 Å². The lowest BCUT2D eigenvalue weighted by atomic mass is 10.0. The van der Waals surface area contributed by atoms with E-state index in [0.717, 1.165) is 42.3 Å². The molecule has 0 saturated heterocycles. The van der Waals surface area contributed by atoms with E-state index >= 15 is 0 Å². The van der Waals surface area contributed by atoms with Crippen molar-refractivity contribution >= 4 is 11.8 Å². The van der Waals surface area contributed by atoms with E-state index in [9.17, 15) is 0 Å². The van der Waals surface area contributed by atoms with E-state index in [4.69, 9.17) is 9.97 Å². The third-order valence-electron chi connectivity index (χ3n) is 4.98. The first kappa shape index (κ1) is 14.0. The lowest BCUT2D eigenvalue weighted by Crippen LogP contribution is -2.27. The molecule has 0 atom stereocenters. The summed E-state index contributed by atoms with van der Waals surface area (Å²) in [5, 5.41) is 4.33. The zero-order chi connectivity index (χ0) is 14.1. The van der Waals surface area contributed by atoms with Crippen molar-refractivity contribution in [2.45, 2.75) is 74.8 Å². The van der Waals surface area contributed by atoms with Crippen LogP contribution in [0.4, 0.5) is 0 Å². The molecule has 0 spiro atoms. The summed E-state index contributed by atoms with van der Waals surface area (Å²) in [6.07, 6.45) is 10.8. The van der Waals surface area contributed by atoms with Crippen LogP contribution in [0.2, 0.25) is 0 Å². The van der Waals surface area contributed by atoms with Gasteiger partial charge in [-0.3, -0.25) is 0 Å². The summed E-state index contributed by atoms with van der Waals surface area (Å²) in [5.41, 5.74) is 4.14. The molecule has 0 amide bonds. The van der Waals surface area contributed by atoms with Crippen LogP contribution in [0.15, 0.2) is 0 Å². The first-order valence-corrected chi connectivity index (χ1v) is 9.66. The molecule has 0 aromatic carbocycles. The fourth-order valence-electron chi connectivity index (χ4n) is 3.61. The van der Waals surface area contributed by atoms with E-state index in [1.807, 2.05) is 0 Å². The molecule has 1 aromatic heterocycles. The van der Waals surface area contributed by atoms with Gasteiger partial charge in [0.1, 0.15) is 5.82 Å². The third-order valence-corrected chi connectivity index (χ3v) is 6.34. The number of hydrogen-bond acceptors (Lipinski definition) is 4. The SMILES string of the molecule is C1CCC(SCc2nc3c(c(C4CC4)n2)CNCC3)CC1. The molecular weight excluding hydrogens is 278 g/mol. The fourth-order valence-corrected chi connectivity index (χ4v) is 4.79. The standard InChI is InChI=1S/C17H25N3S/c1-2-4-13(5-3-1)21-11-16-19-15-8-9-18-10-14(15)17(20-16)12-6-7-12/h12-13,18H,1-11H2. The minimum absolute atomic E-state index is 0.736. The van der Waals surface area contributed by atoms with E-state index in [1.165, 1.54) is 61.9 Å². The Hall–Kier alpha value is -0.610. The van der Waals surface area contributed by atoms with Gasteiger partial charge in [0.25, 0.3) is 0 Å². The van der Waals surface area contributed by atoms with E-state index < -0.39 is 0 Å². The maximum absolute atomic E-state index is 4.96. The summed E-state index contributed by atoms with van der Waals surface area (Å²) in [7, 11) is 0. The Balaban J connectivity index is 1.50. The summed E-state index contributed by atoms with van der Waals surface area (Å²) in [5.74, 6) is 2.86. The van der Waals surface area contributed by atoms with E-state index in [0.29, 0.717) is 0 Å². The maximum atomic E-state index is 4.96. The number of nitrogens with zero attached hydrogens (tertiary/aromatic N) is 2. The number of hydrogen-bond donors (Lipinski definition) is 1. The quantitative estimate of drug-likeness (QED) is 0.923. The van der Waals surface area contributed by atoms with Crippen LogP contribution in [0.5, 0.6) is 0 Å². The van der Waals surface area contributed by atoms with Crippen LogP contribution in [-0.4, -0.2) is 21.8 Å². The highest BCUT2D eigenvalue weighted by Gasteiger charge is 2.30. The normalized spacial score (nSPS) is 23.0. The highest BCUT2D eigenvalue weighted by atomic mass is 32.2. The van der Waals surface area contributed by atoms with E-state index in [1.54, 1.807) is 0 Å². The predicted octanol–water partition coefficient (Wildman–Crippen LogP) is 3.57. The monoisotopic (exact) mass is 303 g/mol. The van der Waals surface area contributed by atoms with E-state index in [-0.39, 0.29) is 0 Å². The average molecular weight is 303 g/mol. The molecule has 2 heterocycles. The second-order valence-corrected chi connectivity index (χ2v) is 8.01. The topological polar surface area (TPSA) is 37.8 Å². The maximum Gasteiger partial charge on any atom is 0.138 e. The fraction of sp³-hybridized carbons (Fsp3) is 0.765. The second kappa shape index (κ2) is 6.25. The highest BCUT2D eigenvalue weighted by molar-refractivity contribution is 7.99. The van der Waals surface area contributed by atoms with Crippen molar-refractivity contribution in [3.63, 3.8) is 0 Å². The van der Waals surface area contributed by atoms with Crippen molar-refractivity contribution in [1.29, 1.82) is 0 Å². The van der Waals surface area contributed by atoms with Gasteiger partial charge in [-0.25, -0.2) is 9.97 Å². The van der Waals surface area contributed by atoms with Gasteiger partial charge in [0, 0.05) is 36.2 Å². The van der Waals surface area contributed by atoms with Crippen LogP contribution in [0.3, 0.4) is 0 Å². The summed E-state index contributed by atoms with van der Waals surface area (Å²) < 4.78 is 0. The second-order valence-electron chi connectivity index (χ2n) is 6.72. The molecule has 4 rings (SSSR count). The summed E-state index contributed by atoms with van der Waals surface area (Å²) in [6, 6.07) is 0. The lowest BCUT2D eigenvalue weighted by Gasteiger charge is -2.22. The van der Waals surface area contributed by atoms with Crippen LogP contribution in [0, 0.1) is 0 Å². The van der Waals surface area contributed by atoms with E-state index in [2.05, 4.69) is 17.1 Å². The Labute approximate surface area is 131 Å². The molecule has 0 bridgehead atoms. The largest absolute Gasteiger partial charge is 0.312 e. The van der Waals surface area contributed by atoms with Gasteiger partial charge in [-0.1, -0.05) is 19.3 Å². The van der Waals surface area contributed by atoms with Crippen molar-refractivity contribution in [1.82, 2.24) is 15.3 Å². The van der Waals surface area contributed by atoms with Crippen molar-refractivity contribution in [2.24, 2.45) is 0 Å². The van der Waals surface area contributed by atoms with Crippen LogP contribution < -0.4 is 5.32 Å². The Morgan fingerprint density at radius 1 is 1.05 bits per heavy atom. The molecule has 2 fully saturated rings. The Morgan fingerprint density at radius 2 is 1.90 bits per heavy atom. The molecule has 1 aliphatic heterocycles. The smallest absolute Gasteiger partial charge is 0.138 e. The van der Waals surface area contributed by atoms with Crippen LogP contribution >= 0.6 is 11.8 Å².